The van der Waals surface area contributed by atoms with Crippen molar-refractivity contribution in [3.05, 3.63) is 0 Å². The van der Waals surface area contributed by atoms with Crippen LogP contribution in [0.1, 0.15) is 74.7 Å². The van der Waals surface area contributed by atoms with Crippen LogP contribution in [-0.4, -0.2) is 85.0 Å². The number of carbonyl (C=O) groups excluding carboxylic acids is 3. The summed E-state index contributed by atoms with van der Waals surface area (Å²) in [6.07, 6.45) is 0.824. The number of ether oxygens (including phenoxy) is 4. The fourth-order valence-electron chi connectivity index (χ4n) is 3.46. The zero-order chi connectivity index (χ0) is 25.2. The maximum atomic E-state index is 12.6. The van der Waals surface area contributed by atoms with Gasteiger partial charge in [-0.1, -0.05) is 0 Å². The van der Waals surface area contributed by atoms with E-state index >= 15 is 0 Å². The number of carbonyl (C=O) groups is 3. The van der Waals surface area contributed by atoms with Crippen molar-refractivity contribution in [2.24, 2.45) is 0 Å². The van der Waals surface area contributed by atoms with Crippen molar-refractivity contribution in [1.29, 1.82) is 0 Å². The highest BCUT2D eigenvalue weighted by atomic mass is 16.6. The molecule has 0 aromatic carbocycles. The molecule has 9 nitrogen and oxygen atoms in total. The van der Waals surface area contributed by atoms with Crippen LogP contribution in [0.2, 0.25) is 0 Å². The van der Waals surface area contributed by atoms with Gasteiger partial charge in [-0.3, -0.25) is 14.5 Å². The Morgan fingerprint density at radius 2 is 1.58 bits per heavy atom. The summed E-state index contributed by atoms with van der Waals surface area (Å²) >= 11 is 0. The topological polar surface area (TPSA) is 103 Å². The van der Waals surface area contributed by atoms with Crippen LogP contribution >= 0.6 is 0 Å². The first-order valence-electron chi connectivity index (χ1n) is 12.0. The Bertz CT molecular complexity index is 640. The van der Waals surface area contributed by atoms with E-state index in [9.17, 15) is 14.4 Å². The summed E-state index contributed by atoms with van der Waals surface area (Å²) < 4.78 is 21.8. The van der Waals surface area contributed by atoms with Gasteiger partial charge in [0.05, 0.1) is 18.8 Å². The second-order valence-electron chi connectivity index (χ2n) is 10.2. The largest absolute Gasteiger partial charge is 0.465 e. The molecule has 0 aromatic heterocycles. The fourth-order valence-corrected chi connectivity index (χ4v) is 3.46. The summed E-state index contributed by atoms with van der Waals surface area (Å²) in [6.45, 7) is 17.0. The summed E-state index contributed by atoms with van der Waals surface area (Å²) in [6, 6.07) is -0.799. The zero-order valence-corrected chi connectivity index (χ0v) is 21.7. The highest BCUT2D eigenvalue weighted by Crippen LogP contribution is 2.20. The molecule has 1 saturated heterocycles. The monoisotopic (exact) mass is 472 g/mol. The number of hydrogen-bond donors (Lipinski definition) is 1. The van der Waals surface area contributed by atoms with E-state index in [1.807, 2.05) is 46.4 Å². The van der Waals surface area contributed by atoms with E-state index in [2.05, 4.69) is 5.32 Å². The molecular formula is C24H44N2O7. The number of esters is 3. The third-order valence-electron chi connectivity index (χ3n) is 4.93. The van der Waals surface area contributed by atoms with Gasteiger partial charge in [-0.15, -0.1) is 0 Å². The molecule has 1 heterocycles. The third-order valence-corrected chi connectivity index (χ3v) is 4.93. The summed E-state index contributed by atoms with van der Waals surface area (Å²) in [4.78, 5) is 39.2. The molecule has 33 heavy (non-hydrogen) atoms. The SMILES string of the molecule is CCOC(=O)C(CCN1CCC1C(=O)OCC)NCCC(OC(C)(C)C)C(=O)OC(C)(C)C. The summed E-state index contributed by atoms with van der Waals surface area (Å²) in [5.74, 6) is -0.995. The van der Waals surface area contributed by atoms with Crippen LogP contribution in [-0.2, 0) is 33.3 Å². The zero-order valence-electron chi connectivity index (χ0n) is 21.7. The van der Waals surface area contributed by atoms with Gasteiger partial charge in [0.1, 0.15) is 17.7 Å². The van der Waals surface area contributed by atoms with Crippen molar-refractivity contribution >= 4 is 17.9 Å². The fraction of sp³-hybridized carbons (Fsp3) is 0.875. The van der Waals surface area contributed by atoms with Gasteiger partial charge in [0.25, 0.3) is 0 Å². The van der Waals surface area contributed by atoms with Gasteiger partial charge in [-0.05, 0) is 81.2 Å². The molecule has 9 heteroatoms. The number of likely N-dealkylation sites (tertiary alicyclic amines) is 1. The molecule has 1 aliphatic heterocycles. The highest BCUT2D eigenvalue weighted by Gasteiger charge is 2.36. The van der Waals surface area contributed by atoms with Crippen LogP contribution in [0, 0.1) is 0 Å². The molecule has 1 fully saturated rings. The second kappa shape index (κ2) is 13.2. The second-order valence-corrected chi connectivity index (χ2v) is 10.2. The molecule has 3 unspecified atom stereocenters. The van der Waals surface area contributed by atoms with Gasteiger partial charge in [0, 0.05) is 13.1 Å². The van der Waals surface area contributed by atoms with Gasteiger partial charge in [-0.2, -0.15) is 0 Å². The molecular weight excluding hydrogens is 428 g/mol. The molecule has 3 atom stereocenters. The molecule has 192 valence electrons. The van der Waals surface area contributed by atoms with Crippen molar-refractivity contribution in [3.63, 3.8) is 0 Å². The molecule has 1 aliphatic rings. The lowest BCUT2D eigenvalue weighted by Crippen LogP contribution is -2.54. The lowest BCUT2D eigenvalue weighted by molar-refractivity contribution is -0.177. The van der Waals surface area contributed by atoms with Crippen molar-refractivity contribution in [1.82, 2.24) is 10.2 Å². The van der Waals surface area contributed by atoms with E-state index < -0.39 is 29.3 Å². The van der Waals surface area contributed by atoms with E-state index in [0.29, 0.717) is 32.5 Å². The van der Waals surface area contributed by atoms with Crippen molar-refractivity contribution in [2.45, 2.75) is 104 Å². The number of nitrogens with one attached hydrogen (secondary N) is 1. The van der Waals surface area contributed by atoms with E-state index in [1.165, 1.54) is 0 Å². The minimum atomic E-state index is -0.761. The van der Waals surface area contributed by atoms with Crippen LogP contribution in [0.5, 0.6) is 0 Å². The van der Waals surface area contributed by atoms with Gasteiger partial charge in [0.2, 0.25) is 0 Å². The van der Waals surface area contributed by atoms with Gasteiger partial charge in [-0.25, -0.2) is 4.79 Å². The van der Waals surface area contributed by atoms with Crippen LogP contribution in [0.3, 0.4) is 0 Å². The molecule has 0 spiro atoms. The molecule has 0 aromatic rings. The highest BCUT2D eigenvalue weighted by molar-refractivity contribution is 5.77. The van der Waals surface area contributed by atoms with Crippen LogP contribution < -0.4 is 5.32 Å². The molecule has 0 radical (unpaired) electrons. The van der Waals surface area contributed by atoms with Gasteiger partial charge < -0.3 is 24.3 Å². The standard InChI is InChI=1S/C24H44N2O7/c1-9-30-20(27)17(12-15-26-16-13-18(26)21(28)31-10-2)25-14-11-19(32-23(3,4)5)22(29)33-24(6,7)8/h17-19,25H,9-16H2,1-8H3. The Kier molecular flexibility index (Phi) is 11.8. The first-order valence-corrected chi connectivity index (χ1v) is 12.0. The maximum absolute atomic E-state index is 12.6. The van der Waals surface area contributed by atoms with Crippen molar-refractivity contribution in [3.8, 4) is 0 Å². The molecule has 1 rings (SSSR count). The van der Waals surface area contributed by atoms with Crippen LogP contribution in [0.25, 0.3) is 0 Å². The Morgan fingerprint density at radius 3 is 2.06 bits per heavy atom. The average Bonchev–Trinajstić information content (AvgIpc) is 2.63. The summed E-state index contributed by atoms with van der Waals surface area (Å²) in [7, 11) is 0. The normalized spacial score (nSPS) is 18.7. The molecule has 0 amide bonds. The van der Waals surface area contributed by atoms with Gasteiger partial charge in [0.15, 0.2) is 6.10 Å². The minimum absolute atomic E-state index is 0.219. The minimum Gasteiger partial charge on any atom is -0.465 e. The van der Waals surface area contributed by atoms with E-state index in [0.717, 1.165) is 13.0 Å². The Hall–Kier alpha value is -1.71. The predicted molar refractivity (Wildman–Crippen MR) is 125 cm³/mol. The summed E-state index contributed by atoms with van der Waals surface area (Å²) in [5, 5.41) is 3.21. The van der Waals surface area contributed by atoms with Crippen LogP contribution in [0.4, 0.5) is 0 Å². The van der Waals surface area contributed by atoms with E-state index in [4.69, 9.17) is 18.9 Å². The van der Waals surface area contributed by atoms with Crippen molar-refractivity contribution in [2.75, 3.05) is 32.8 Å². The Balaban J connectivity index is 2.70. The average molecular weight is 473 g/mol. The smallest absolute Gasteiger partial charge is 0.335 e. The number of rotatable bonds is 13. The van der Waals surface area contributed by atoms with Crippen LogP contribution in [0.15, 0.2) is 0 Å². The molecule has 0 saturated carbocycles. The predicted octanol–water partition coefficient (Wildman–Crippen LogP) is 2.45. The van der Waals surface area contributed by atoms with E-state index in [1.54, 1.807) is 13.8 Å². The molecule has 0 bridgehead atoms. The van der Waals surface area contributed by atoms with Crippen molar-refractivity contribution < 1.29 is 33.3 Å². The lowest BCUT2D eigenvalue weighted by atomic mass is 10.0. The Morgan fingerprint density at radius 1 is 0.939 bits per heavy atom. The Labute approximate surface area is 198 Å². The van der Waals surface area contributed by atoms with Gasteiger partial charge >= 0.3 is 17.9 Å². The number of nitrogens with zero attached hydrogens (tertiary/aromatic N) is 1. The number of hydrogen-bond acceptors (Lipinski definition) is 9. The molecule has 0 aliphatic carbocycles. The lowest BCUT2D eigenvalue weighted by Gasteiger charge is -2.39. The molecule has 1 N–H and O–H groups in total. The van der Waals surface area contributed by atoms with E-state index in [-0.39, 0.29) is 24.6 Å². The summed E-state index contributed by atoms with van der Waals surface area (Å²) in [5.41, 5.74) is -1.15. The first-order chi connectivity index (χ1) is 15.3. The third kappa shape index (κ3) is 11.3. The maximum Gasteiger partial charge on any atom is 0.335 e. The quantitative estimate of drug-likeness (QED) is 0.320. The first kappa shape index (κ1) is 29.3.